The van der Waals surface area contributed by atoms with Crippen LogP contribution in [0.1, 0.15) is 31.8 Å². The van der Waals surface area contributed by atoms with E-state index >= 15 is 0 Å². The molecule has 0 N–H and O–H groups in total. The first-order valence-corrected chi connectivity index (χ1v) is 9.05. The normalized spacial score (nSPS) is 8.77. The third-order valence-electron chi connectivity index (χ3n) is 4.14. The average molecular weight is 424 g/mol. The van der Waals surface area contributed by atoms with Gasteiger partial charge in [-0.3, -0.25) is 23.7 Å². The van der Waals surface area contributed by atoms with Gasteiger partial charge in [-0.05, 0) is 0 Å². The second-order valence-corrected chi connectivity index (χ2v) is 6.12. The average Bonchev–Trinajstić information content (AvgIpc) is 2.81. The van der Waals surface area contributed by atoms with Gasteiger partial charge in [0.25, 0.3) is 0 Å². The molecular formula is C26H23F3O2. The second-order valence-electron chi connectivity index (χ2n) is 6.12. The summed E-state index contributed by atoms with van der Waals surface area (Å²) in [6.45, 7) is 0. The molecule has 0 radical (unpaired) electrons. The van der Waals surface area contributed by atoms with Crippen molar-refractivity contribution in [2.75, 3.05) is 0 Å². The highest BCUT2D eigenvalue weighted by Crippen LogP contribution is 2.09. The van der Waals surface area contributed by atoms with Crippen LogP contribution in [-0.2, 0) is 0 Å². The summed E-state index contributed by atoms with van der Waals surface area (Å²) >= 11 is 0. The van der Waals surface area contributed by atoms with Crippen LogP contribution in [-0.4, -0.2) is 11.6 Å². The Bertz CT molecular complexity index is 853. The van der Waals surface area contributed by atoms with Crippen molar-refractivity contribution in [1.82, 2.24) is 0 Å². The summed E-state index contributed by atoms with van der Waals surface area (Å²) in [6.07, 6.45) is 0. The van der Waals surface area contributed by atoms with Crippen LogP contribution in [0.4, 0.5) is 14.1 Å². The molecule has 2 nitrogen and oxygen atoms in total. The quantitative estimate of drug-likeness (QED) is 0.361. The Balaban J connectivity index is 0.000000529. The summed E-state index contributed by atoms with van der Waals surface area (Å²) in [4.78, 5) is 23.7. The molecular weight excluding hydrogens is 401 g/mol. The molecule has 0 bridgehead atoms. The van der Waals surface area contributed by atoms with Gasteiger partial charge in [0.1, 0.15) is 0 Å². The van der Waals surface area contributed by atoms with Crippen LogP contribution in [0.25, 0.3) is 0 Å². The van der Waals surface area contributed by atoms with Gasteiger partial charge in [0.15, 0.2) is 11.6 Å². The molecule has 31 heavy (non-hydrogen) atoms. The molecule has 0 atom stereocenters. The highest BCUT2D eigenvalue weighted by Gasteiger charge is 2.07. The van der Waals surface area contributed by atoms with Gasteiger partial charge in [-0.2, -0.15) is 0 Å². The van der Waals surface area contributed by atoms with E-state index in [4.69, 9.17) is 0 Å². The molecule has 0 heterocycles. The van der Waals surface area contributed by atoms with Crippen molar-refractivity contribution >= 4 is 11.6 Å². The van der Waals surface area contributed by atoms with E-state index in [1.165, 1.54) is 0 Å². The molecule has 4 aromatic carbocycles. The molecule has 4 rings (SSSR count). The number of carbonyl (C=O) groups is 2. The van der Waals surface area contributed by atoms with Crippen LogP contribution in [0, 0.1) is 0 Å². The van der Waals surface area contributed by atoms with Crippen molar-refractivity contribution in [3.63, 3.8) is 0 Å². The van der Waals surface area contributed by atoms with Crippen molar-refractivity contribution in [3.05, 3.63) is 144 Å². The fourth-order valence-electron chi connectivity index (χ4n) is 2.69. The van der Waals surface area contributed by atoms with E-state index in [1.54, 1.807) is 0 Å². The predicted octanol–water partition coefficient (Wildman–Crippen LogP) is 6.29. The van der Waals surface area contributed by atoms with E-state index in [0.29, 0.717) is 0 Å². The van der Waals surface area contributed by atoms with Crippen LogP contribution >= 0.6 is 0 Å². The van der Waals surface area contributed by atoms with Gasteiger partial charge in [0.2, 0.25) is 0 Å². The Hall–Kier alpha value is -3.99. The van der Waals surface area contributed by atoms with Crippen LogP contribution in [0.3, 0.4) is 0 Å². The van der Waals surface area contributed by atoms with Crippen LogP contribution in [0.2, 0.25) is 0 Å². The smallest absolute Gasteiger partial charge is 0.193 e. The summed E-state index contributed by atoms with van der Waals surface area (Å²) in [7, 11) is 0. The number of carbonyl (C=O) groups excluding carboxylic acids is 2. The number of halogens is 3. The van der Waals surface area contributed by atoms with E-state index in [-0.39, 0.29) is 25.7 Å². The summed E-state index contributed by atoms with van der Waals surface area (Å²) in [5, 5.41) is 0. The molecule has 0 aliphatic carbocycles. The van der Waals surface area contributed by atoms with E-state index in [1.807, 2.05) is 121 Å². The van der Waals surface area contributed by atoms with Gasteiger partial charge in [-0.15, -0.1) is 0 Å². The summed E-state index contributed by atoms with van der Waals surface area (Å²) in [5.41, 5.74) is 2.94. The molecule has 0 unspecified atom stereocenters. The number of rotatable bonds is 4. The van der Waals surface area contributed by atoms with E-state index in [0.717, 1.165) is 22.3 Å². The fraction of sp³-hybridized carbons (Fsp3) is 0. The van der Waals surface area contributed by atoms with E-state index in [2.05, 4.69) is 0 Å². The zero-order valence-electron chi connectivity index (χ0n) is 16.6. The lowest BCUT2D eigenvalue weighted by atomic mass is 10.0. The largest absolute Gasteiger partial charge is 0.289 e. The van der Waals surface area contributed by atoms with Crippen molar-refractivity contribution in [2.24, 2.45) is 0 Å². The Morgan fingerprint density at radius 3 is 0.645 bits per heavy atom. The first-order chi connectivity index (χ1) is 13.8. The summed E-state index contributed by atoms with van der Waals surface area (Å²) in [6, 6.07) is 37.2. The highest BCUT2D eigenvalue weighted by atomic mass is 19.0. The molecule has 0 aromatic heterocycles. The van der Waals surface area contributed by atoms with Crippen LogP contribution in [0.15, 0.2) is 121 Å². The molecule has 160 valence electrons. The van der Waals surface area contributed by atoms with Crippen LogP contribution < -0.4 is 0 Å². The molecule has 0 aliphatic heterocycles. The maximum atomic E-state index is 11.8. The van der Waals surface area contributed by atoms with Crippen molar-refractivity contribution in [2.45, 2.75) is 0 Å². The lowest BCUT2D eigenvalue weighted by Crippen LogP contribution is -1.99. The Kier molecular flexibility index (Phi) is 12.3. The topological polar surface area (TPSA) is 34.1 Å². The van der Waals surface area contributed by atoms with Gasteiger partial charge in [0, 0.05) is 22.3 Å². The Morgan fingerprint density at radius 1 is 0.323 bits per heavy atom. The highest BCUT2D eigenvalue weighted by molar-refractivity contribution is 6.09. The maximum absolute atomic E-state index is 11.8. The third kappa shape index (κ3) is 7.74. The zero-order valence-corrected chi connectivity index (χ0v) is 16.6. The van der Waals surface area contributed by atoms with Gasteiger partial charge in [0.05, 0.1) is 0 Å². The maximum Gasteiger partial charge on any atom is 0.193 e. The minimum Gasteiger partial charge on any atom is -0.289 e. The number of hydrogen-bond acceptors (Lipinski definition) is 2. The SMILES string of the molecule is F.F.F.O=C(c1ccccc1)c1ccccc1.O=C(c1ccccc1)c1ccccc1. The van der Waals surface area contributed by atoms with E-state index in [9.17, 15) is 9.59 Å². The standard InChI is InChI=1S/2C13H10O.3FH/c2*14-13(11-7-3-1-4-8-11)12-9-5-2-6-10-12;;;/h2*1-10H;3*1H. The minimum absolute atomic E-state index is 0. The number of hydrogen-bond donors (Lipinski definition) is 0. The fourth-order valence-corrected chi connectivity index (χ4v) is 2.69. The third-order valence-corrected chi connectivity index (χ3v) is 4.14. The van der Waals surface area contributed by atoms with Crippen molar-refractivity contribution in [3.8, 4) is 0 Å². The molecule has 0 saturated carbocycles. The Labute approximate surface area is 179 Å². The second kappa shape index (κ2) is 14.1. The monoisotopic (exact) mass is 424 g/mol. The van der Waals surface area contributed by atoms with Crippen molar-refractivity contribution in [1.29, 1.82) is 0 Å². The lowest BCUT2D eigenvalue weighted by molar-refractivity contribution is 0.103. The molecule has 0 aliphatic rings. The van der Waals surface area contributed by atoms with E-state index < -0.39 is 0 Å². The number of ketones is 2. The molecule has 0 spiro atoms. The first kappa shape index (κ1) is 27.0. The predicted molar refractivity (Wildman–Crippen MR) is 120 cm³/mol. The molecule has 4 aromatic rings. The van der Waals surface area contributed by atoms with Gasteiger partial charge in [-0.25, -0.2) is 0 Å². The van der Waals surface area contributed by atoms with Gasteiger partial charge in [-0.1, -0.05) is 121 Å². The molecule has 5 heteroatoms. The molecule has 0 amide bonds. The number of benzene rings is 4. The van der Waals surface area contributed by atoms with Gasteiger partial charge < -0.3 is 0 Å². The summed E-state index contributed by atoms with van der Waals surface area (Å²) in [5.74, 6) is 0.150. The van der Waals surface area contributed by atoms with Crippen molar-refractivity contribution < 1.29 is 23.7 Å². The summed E-state index contributed by atoms with van der Waals surface area (Å²) < 4.78 is 0. The Morgan fingerprint density at radius 2 is 0.484 bits per heavy atom. The lowest BCUT2D eigenvalue weighted by Gasteiger charge is -1.99. The minimum atomic E-state index is 0. The molecule has 0 fully saturated rings. The van der Waals surface area contributed by atoms with Crippen LogP contribution in [0.5, 0.6) is 0 Å². The first-order valence-electron chi connectivity index (χ1n) is 9.05. The van der Waals surface area contributed by atoms with Gasteiger partial charge >= 0.3 is 0 Å². The molecule has 0 saturated heterocycles. The zero-order chi connectivity index (χ0) is 19.6.